The molecule has 0 saturated heterocycles. The zero-order chi connectivity index (χ0) is 13.8. The fourth-order valence-electron chi connectivity index (χ4n) is 1.29. The summed E-state index contributed by atoms with van der Waals surface area (Å²) in [4.78, 5) is 15.6. The van der Waals surface area contributed by atoms with Crippen molar-refractivity contribution in [1.82, 2.24) is 4.98 Å². The number of benzene rings is 1. The molecule has 19 heavy (non-hydrogen) atoms. The number of anilines is 1. The van der Waals surface area contributed by atoms with E-state index in [2.05, 4.69) is 9.72 Å². The van der Waals surface area contributed by atoms with Gasteiger partial charge in [-0.1, -0.05) is 22.9 Å². The molecule has 1 amide bonds. The van der Waals surface area contributed by atoms with Gasteiger partial charge in [0.2, 0.25) is 0 Å². The minimum absolute atomic E-state index is 0.243. The van der Waals surface area contributed by atoms with Gasteiger partial charge in [-0.05, 0) is 18.2 Å². The maximum Gasteiger partial charge on any atom is 0.411 e. The van der Waals surface area contributed by atoms with Crippen molar-refractivity contribution in [1.29, 1.82) is 0 Å². The van der Waals surface area contributed by atoms with E-state index in [4.69, 9.17) is 23.1 Å². The van der Waals surface area contributed by atoms with Gasteiger partial charge in [-0.2, -0.15) is 0 Å². The molecular formula is C11H10ClN3O2S2. The van der Waals surface area contributed by atoms with Crippen molar-refractivity contribution in [3.8, 4) is 5.19 Å². The van der Waals surface area contributed by atoms with Gasteiger partial charge in [0, 0.05) is 26.7 Å². The maximum atomic E-state index is 10.6. The first-order chi connectivity index (χ1) is 9.04. The van der Waals surface area contributed by atoms with Crippen LogP contribution >= 0.6 is 34.7 Å². The molecule has 1 aromatic heterocycles. The van der Waals surface area contributed by atoms with E-state index >= 15 is 0 Å². The van der Waals surface area contributed by atoms with Gasteiger partial charge in [0.15, 0.2) is 0 Å². The monoisotopic (exact) mass is 315 g/mol. The Balaban J connectivity index is 1.98. The van der Waals surface area contributed by atoms with Crippen molar-refractivity contribution in [3.05, 3.63) is 34.3 Å². The standard InChI is InChI=1S/C11H10ClN3O2S2/c12-6-1-2-9(8(13)3-6)18-4-7-5-19-11(15-7)17-10(14)16/h1-3,5H,4,13H2,(H2,14,16). The predicted octanol–water partition coefficient (Wildman–Crippen LogP) is 3.13. The Morgan fingerprint density at radius 3 is 3.00 bits per heavy atom. The van der Waals surface area contributed by atoms with Crippen LogP contribution in [-0.4, -0.2) is 11.1 Å². The number of rotatable bonds is 4. The van der Waals surface area contributed by atoms with Crippen LogP contribution in [0.2, 0.25) is 5.02 Å². The van der Waals surface area contributed by atoms with Gasteiger partial charge in [-0.15, -0.1) is 11.8 Å². The van der Waals surface area contributed by atoms with Crippen molar-refractivity contribution >= 4 is 46.5 Å². The predicted molar refractivity (Wildman–Crippen MR) is 77.8 cm³/mol. The van der Waals surface area contributed by atoms with Crippen LogP contribution in [0.25, 0.3) is 0 Å². The van der Waals surface area contributed by atoms with E-state index in [-0.39, 0.29) is 5.19 Å². The highest BCUT2D eigenvalue weighted by Crippen LogP contribution is 2.31. The first-order valence-electron chi connectivity index (χ1n) is 5.14. The molecule has 1 heterocycles. The number of halogens is 1. The van der Waals surface area contributed by atoms with Gasteiger partial charge in [-0.3, -0.25) is 0 Å². The summed E-state index contributed by atoms with van der Waals surface area (Å²) in [5.41, 5.74) is 12.2. The molecule has 0 aliphatic rings. The van der Waals surface area contributed by atoms with Crippen molar-refractivity contribution in [2.45, 2.75) is 10.6 Å². The number of amides is 1. The second kappa shape index (κ2) is 6.14. The molecule has 0 aliphatic heterocycles. The van der Waals surface area contributed by atoms with E-state index < -0.39 is 6.09 Å². The Morgan fingerprint density at radius 1 is 1.53 bits per heavy atom. The molecule has 4 N–H and O–H groups in total. The second-order valence-electron chi connectivity index (χ2n) is 3.50. The molecule has 2 aromatic rings. The fraction of sp³-hybridized carbons (Fsp3) is 0.0909. The maximum absolute atomic E-state index is 10.6. The van der Waals surface area contributed by atoms with Crippen LogP contribution in [0.3, 0.4) is 0 Å². The van der Waals surface area contributed by atoms with Crippen LogP contribution in [0, 0.1) is 0 Å². The zero-order valence-corrected chi connectivity index (χ0v) is 12.0. The molecule has 5 nitrogen and oxygen atoms in total. The van der Waals surface area contributed by atoms with Crippen molar-refractivity contribution < 1.29 is 9.53 Å². The Bertz CT molecular complexity index is 603. The summed E-state index contributed by atoms with van der Waals surface area (Å²) in [6.45, 7) is 0. The molecule has 0 bridgehead atoms. The number of aromatic nitrogens is 1. The van der Waals surface area contributed by atoms with Crippen molar-refractivity contribution in [2.75, 3.05) is 5.73 Å². The van der Waals surface area contributed by atoms with Gasteiger partial charge in [-0.25, -0.2) is 9.78 Å². The van der Waals surface area contributed by atoms with Gasteiger partial charge in [0.1, 0.15) is 0 Å². The lowest BCUT2D eigenvalue weighted by Gasteiger charge is -2.04. The zero-order valence-electron chi connectivity index (χ0n) is 9.63. The minimum Gasteiger partial charge on any atom is -0.398 e. The number of primary amides is 1. The summed E-state index contributed by atoms with van der Waals surface area (Å²) in [5.74, 6) is 0.616. The molecule has 0 atom stereocenters. The highest BCUT2D eigenvalue weighted by molar-refractivity contribution is 7.98. The van der Waals surface area contributed by atoms with Gasteiger partial charge in [0.05, 0.1) is 5.69 Å². The third-order valence-corrected chi connectivity index (χ3v) is 4.19. The molecular weight excluding hydrogens is 306 g/mol. The van der Waals surface area contributed by atoms with E-state index in [1.165, 1.54) is 23.1 Å². The van der Waals surface area contributed by atoms with Gasteiger partial charge < -0.3 is 16.2 Å². The van der Waals surface area contributed by atoms with Crippen LogP contribution in [0.4, 0.5) is 10.5 Å². The van der Waals surface area contributed by atoms with Crippen LogP contribution in [-0.2, 0) is 5.75 Å². The second-order valence-corrected chi connectivity index (χ2v) is 5.77. The largest absolute Gasteiger partial charge is 0.411 e. The molecule has 100 valence electrons. The number of carbonyl (C=O) groups excluding carboxylic acids is 1. The van der Waals surface area contributed by atoms with Crippen LogP contribution in [0.1, 0.15) is 5.69 Å². The Hall–Kier alpha value is -1.44. The van der Waals surface area contributed by atoms with Gasteiger partial charge >= 0.3 is 6.09 Å². The number of carbonyl (C=O) groups is 1. The number of nitrogens with zero attached hydrogens (tertiary/aromatic N) is 1. The van der Waals surface area contributed by atoms with E-state index in [1.54, 1.807) is 17.5 Å². The Kier molecular flexibility index (Phi) is 4.52. The lowest BCUT2D eigenvalue weighted by atomic mass is 10.3. The van der Waals surface area contributed by atoms with Crippen LogP contribution in [0.5, 0.6) is 5.19 Å². The average Bonchev–Trinajstić information content (AvgIpc) is 2.74. The number of hydrogen-bond acceptors (Lipinski definition) is 6. The lowest BCUT2D eigenvalue weighted by Crippen LogP contribution is -2.16. The molecule has 0 saturated carbocycles. The summed E-state index contributed by atoms with van der Waals surface area (Å²) in [5, 5.41) is 2.65. The van der Waals surface area contributed by atoms with Crippen LogP contribution < -0.4 is 16.2 Å². The smallest absolute Gasteiger partial charge is 0.398 e. The Morgan fingerprint density at radius 2 is 2.32 bits per heavy atom. The quantitative estimate of drug-likeness (QED) is 0.668. The van der Waals surface area contributed by atoms with Crippen molar-refractivity contribution in [2.24, 2.45) is 5.73 Å². The highest BCUT2D eigenvalue weighted by Gasteiger charge is 2.07. The summed E-state index contributed by atoms with van der Waals surface area (Å²) in [6.07, 6.45) is -0.865. The number of nitrogens with two attached hydrogens (primary N) is 2. The third kappa shape index (κ3) is 4.02. The lowest BCUT2D eigenvalue weighted by molar-refractivity contribution is 0.210. The van der Waals surface area contributed by atoms with E-state index in [9.17, 15) is 4.79 Å². The van der Waals surface area contributed by atoms with E-state index in [0.717, 1.165) is 10.6 Å². The first kappa shape index (κ1) is 14.0. The minimum atomic E-state index is -0.865. The first-order valence-corrected chi connectivity index (χ1v) is 7.38. The van der Waals surface area contributed by atoms with E-state index in [1.807, 2.05) is 6.07 Å². The molecule has 0 spiro atoms. The van der Waals surface area contributed by atoms with Crippen molar-refractivity contribution in [3.63, 3.8) is 0 Å². The molecule has 2 rings (SSSR count). The SMILES string of the molecule is NC(=O)Oc1nc(CSc2ccc(Cl)cc2N)cs1. The number of thioether (sulfide) groups is 1. The van der Waals surface area contributed by atoms with Gasteiger partial charge in [0.25, 0.3) is 5.19 Å². The number of thiazole rings is 1. The van der Waals surface area contributed by atoms with E-state index in [0.29, 0.717) is 16.5 Å². The summed E-state index contributed by atoms with van der Waals surface area (Å²) < 4.78 is 4.68. The summed E-state index contributed by atoms with van der Waals surface area (Å²) >= 11 is 8.58. The molecule has 8 heteroatoms. The molecule has 0 unspecified atom stereocenters. The summed E-state index contributed by atoms with van der Waals surface area (Å²) in [7, 11) is 0. The fourth-order valence-corrected chi connectivity index (χ4v) is 3.09. The molecule has 0 aliphatic carbocycles. The third-order valence-electron chi connectivity index (χ3n) is 2.07. The number of hydrogen-bond donors (Lipinski definition) is 2. The average molecular weight is 316 g/mol. The number of nitrogen functional groups attached to an aromatic ring is 1. The Labute approximate surface area is 122 Å². The molecule has 0 radical (unpaired) electrons. The molecule has 0 fully saturated rings. The van der Waals surface area contributed by atoms with Crippen LogP contribution in [0.15, 0.2) is 28.5 Å². The summed E-state index contributed by atoms with van der Waals surface area (Å²) in [6, 6.07) is 5.34. The molecule has 1 aromatic carbocycles. The number of ether oxygens (including phenoxy) is 1. The normalized spacial score (nSPS) is 10.4. The topological polar surface area (TPSA) is 91.2 Å². The highest BCUT2D eigenvalue weighted by atomic mass is 35.5.